The molecule has 0 bridgehead atoms. The molecule has 0 saturated heterocycles. The van der Waals surface area contributed by atoms with Gasteiger partial charge in [-0.3, -0.25) is 0 Å². The van der Waals surface area contributed by atoms with Crippen LogP contribution in [-0.2, 0) is 6.42 Å². The quantitative estimate of drug-likeness (QED) is 0.649. The van der Waals surface area contributed by atoms with Crippen molar-refractivity contribution in [3.8, 4) is 9.75 Å². The second-order valence-corrected chi connectivity index (χ2v) is 6.12. The SMILES string of the molecule is CCc1ccc(-c2ccc(/C=C/I)s2)s1. The summed E-state index contributed by atoms with van der Waals surface area (Å²) in [5.74, 6) is 0. The minimum atomic E-state index is 1.14. The Bertz CT molecular complexity index is 465. The van der Waals surface area contributed by atoms with Gasteiger partial charge in [0, 0.05) is 19.5 Å². The average molecular weight is 346 g/mol. The molecule has 0 aliphatic carbocycles. The molecule has 0 unspecified atom stereocenters. The minimum Gasteiger partial charge on any atom is -0.139 e. The van der Waals surface area contributed by atoms with E-state index in [2.05, 4.69) is 63.9 Å². The Morgan fingerprint density at radius 1 is 1.13 bits per heavy atom. The van der Waals surface area contributed by atoms with Crippen LogP contribution in [0.15, 0.2) is 28.3 Å². The topological polar surface area (TPSA) is 0 Å². The monoisotopic (exact) mass is 346 g/mol. The van der Waals surface area contributed by atoms with E-state index in [4.69, 9.17) is 0 Å². The molecule has 2 aromatic rings. The Balaban J connectivity index is 2.28. The molecule has 2 aromatic heterocycles. The lowest BCUT2D eigenvalue weighted by Crippen LogP contribution is -1.63. The highest BCUT2D eigenvalue weighted by atomic mass is 127. The van der Waals surface area contributed by atoms with Gasteiger partial charge in [0.1, 0.15) is 0 Å². The van der Waals surface area contributed by atoms with E-state index in [1.54, 1.807) is 0 Å². The maximum Gasteiger partial charge on any atom is 0.0449 e. The van der Waals surface area contributed by atoms with E-state index in [-0.39, 0.29) is 0 Å². The van der Waals surface area contributed by atoms with E-state index in [1.165, 1.54) is 19.5 Å². The lowest BCUT2D eigenvalue weighted by Gasteiger charge is -1.88. The highest BCUT2D eigenvalue weighted by molar-refractivity contribution is 14.1. The van der Waals surface area contributed by atoms with Crippen LogP contribution in [0.5, 0.6) is 0 Å². The van der Waals surface area contributed by atoms with E-state index >= 15 is 0 Å². The third-order valence-electron chi connectivity index (χ3n) is 2.11. The first-order chi connectivity index (χ1) is 7.33. The second-order valence-electron chi connectivity index (χ2n) is 3.11. The maximum absolute atomic E-state index is 2.25. The Kier molecular flexibility index (Phi) is 3.99. The molecular formula is C12H11IS2. The second kappa shape index (κ2) is 5.27. The summed E-state index contributed by atoms with van der Waals surface area (Å²) in [7, 11) is 0. The third kappa shape index (κ3) is 2.71. The van der Waals surface area contributed by atoms with Gasteiger partial charge in [0.05, 0.1) is 0 Å². The van der Waals surface area contributed by atoms with Crippen LogP contribution in [0, 0.1) is 0 Å². The smallest absolute Gasteiger partial charge is 0.0449 e. The summed E-state index contributed by atoms with van der Waals surface area (Å²) in [6, 6.07) is 8.85. The number of rotatable bonds is 3. The maximum atomic E-state index is 2.25. The number of hydrogen-bond acceptors (Lipinski definition) is 2. The highest BCUT2D eigenvalue weighted by Crippen LogP contribution is 2.34. The third-order valence-corrected chi connectivity index (χ3v) is 4.94. The lowest BCUT2D eigenvalue weighted by atomic mass is 10.3. The molecule has 0 fully saturated rings. The lowest BCUT2D eigenvalue weighted by molar-refractivity contribution is 1.19. The minimum absolute atomic E-state index is 1.14. The molecule has 2 rings (SSSR count). The number of halogens is 1. The van der Waals surface area contributed by atoms with Crippen molar-refractivity contribution < 1.29 is 0 Å². The van der Waals surface area contributed by atoms with Gasteiger partial charge in [-0.25, -0.2) is 0 Å². The Labute approximate surface area is 112 Å². The standard InChI is InChI=1S/C12H11IS2/c1-2-9-3-5-11(14-9)12-6-4-10(15-12)7-8-13/h3-8H,2H2,1H3/b8-7+. The van der Waals surface area contributed by atoms with Gasteiger partial charge in [-0.2, -0.15) is 0 Å². The van der Waals surface area contributed by atoms with Gasteiger partial charge < -0.3 is 0 Å². The summed E-state index contributed by atoms with van der Waals surface area (Å²) in [5, 5.41) is 0. The molecule has 0 aromatic carbocycles. The summed E-state index contributed by atoms with van der Waals surface area (Å²) in [6.07, 6.45) is 3.28. The van der Waals surface area contributed by atoms with Crippen LogP contribution in [-0.4, -0.2) is 0 Å². The van der Waals surface area contributed by atoms with Crippen molar-refractivity contribution >= 4 is 51.3 Å². The molecule has 0 N–H and O–H groups in total. The van der Waals surface area contributed by atoms with Crippen molar-refractivity contribution in [1.29, 1.82) is 0 Å². The Hall–Kier alpha value is -0.130. The Morgan fingerprint density at radius 2 is 1.87 bits per heavy atom. The predicted octanol–water partition coefficient (Wildman–Crippen LogP) is 5.44. The molecule has 0 spiro atoms. The summed E-state index contributed by atoms with van der Waals surface area (Å²) in [4.78, 5) is 5.56. The summed E-state index contributed by atoms with van der Waals surface area (Å²) in [5.41, 5.74) is 0. The van der Waals surface area contributed by atoms with E-state index < -0.39 is 0 Å². The van der Waals surface area contributed by atoms with Crippen LogP contribution in [0.2, 0.25) is 0 Å². The zero-order chi connectivity index (χ0) is 10.7. The van der Waals surface area contributed by atoms with Crippen LogP contribution < -0.4 is 0 Å². The summed E-state index contributed by atoms with van der Waals surface area (Å²) in [6.45, 7) is 2.20. The van der Waals surface area contributed by atoms with Crippen LogP contribution in [0.25, 0.3) is 15.8 Å². The number of hydrogen-bond donors (Lipinski definition) is 0. The summed E-state index contributed by atoms with van der Waals surface area (Å²) < 4.78 is 2.05. The van der Waals surface area contributed by atoms with Gasteiger partial charge in [0.15, 0.2) is 0 Å². The molecule has 0 atom stereocenters. The molecule has 0 aliphatic heterocycles. The fraction of sp³-hybridized carbons (Fsp3) is 0.167. The molecule has 0 amide bonds. The molecule has 0 nitrogen and oxygen atoms in total. The van der Waals surface area contributed by atoms with Gasteiger partial charge in [-0.05, 0) is 40.8 Å². The van der Waals surface area contributed by atoms with Crippen LogP contribution in [0.1, 0.15) is 16.7 Å². The van der Waals surface area contributed by atoms with Crippen molar-refractivity contribution in [2.24, 2.45) is 0 Å². The van der Waals surface area contributed by atoms with Gasteiger partial charge in [-0.15, -0.1) is 22.7 Å². The highest BCUT2D eigenvalue weighted by Gasteiger charge is 2.04. The molecule has 2 heterocycles. The van der Waals surface area contributed by atoms with E-state index in [0.717, 1.165) is 6.42 Å². The Morgan fingerprint density at radius 3 is 2.53 bits per heavy atom. The largest absolute Gasteiger partial charge is 0.139 e. The predicted molar refractivity (Wildman–Crippen MR) is 80.1 cm³/mol. The zero-order valence-corrected chi connectivity index (χ0v) is 12.2. The van der Waals surface area contributed by atoms with Crippen LogP contribution in [0.4, 0.5) is 0 Å². The first-order valence-corrected chi connectivity index (χ1v) is 7.67. The first kappa shape index (κ1) is 11.4. The number of aryl methyl sites for hydroxylation is 1. The zero-order valence-electron chi connectivity index (χ0n) is 8.37. The molecule has 15 heavy (non-hydrogen) atoms. The van der Waals surface area contributed by atoms with Crippen molar-refractivity contribution in [3.05, 3.63) is 38.1 Å². The number of thiophene rings is 2. The van der Waals surface area contributed by atoms with E-state index in [9.17, 15) is 0 Å². The van der Waals surface area contributed by atoms with Gasteiger partial charge in [0.2, 0.25) is 0 Å². The molecular weight excluding hydrogens is 335 g/mol. The van der Waals surface area contributed by atoms with E-state index in [0.29, 0.717) is 0 Å². The molecule has 78 valence electrons. The summed E-state index contributed by atoms with van der Waals surface area (Å²) >= 11 is 6.01. The fourth-order valence-electron chi connectivity index (χ4n) is 1.34. The normalized spacial score (nSPS) is 11.3. The van der Waals surface area contributed by atoms with Crippen molar-refractivity contribution in [2.45, 2.75) is 13.3 Å². The molecule has 0 saturated carbocycles. The first-order valence-electron chi connectivity index (χ1n) is 4.79. The molecule has 0 aliphatic rings. The van der Waals surface area contributed by atoms with Crippen molar-refractivity contribution in [3.63, 3.8) is 0 Å². The average Bonchev–Trinajstić information content (AvgIpc) is 2.85. The van der Waals surface area contributed by atoms with Gasteiger partial charge in [0.25, 0.3) is 0 Å². The van der Waals surface area contributed by atoms with Crippen LogP contribution >= 0.6 is 45.3 Å². The van der Waals surface area contributed by atoms with Crippen molar-refractivity contribution in [2.75, 3.05) is 0 Å². The van der Waals surface area contributed by atoms with Crippen LogP contribution in [0.3, 0.4) is 0 Å². The van der Waals surface area contributed by atoms with Gasteiger partial charge >= 0.3 is 0 Å². The van der Waals surface area contributed by atoms with E-state index in [1.807, 2.05) is 22.7 Å². The van der Waals surface area contributed by atoms with Crippen molar-refractivity contribution in [1.82, 2.24) is 0 Å². The molecule has 3 heteroatoms. The fourth-order valence-corrected chi connectivity index (χ4v) is 3.92. The van der Waals surface area contributed by atoms with Gasteiger partial charge in [-0.1, -0.05) is 29.5 Å². The molecule has 0 radical (unpaired) electrons.